The molecule has 0 aliphatic carbocycles. The zero-order valence-corrected chi connectivity index (χ0v) is 12.9. The highest BCUT2D eigenvalue weighted by molar-refractivity contribution is 5.91. The maximum absolute atomic E-state index is 11.8. The van der Waals surface area contributed by atoms with Gasteiger partial charge < -0.3 is 16.4 Å². The summed E-state index contributed by atoms with van der Waals surface area (Å²) in [7, 11) is 0. The fourth-order valence-electron chi connectivity index (χ4n) is 2.04. The monoisotopic (exact) mass is 309 g/mol. The molecule has 5 nitrogen and oxygen atoms in total. The lowest BCUT2D eigenvalue weighted by Gasteiger charge is -2.05. The van der Waals surface area contributed by atoms with E-state index in [-0.39, 0.29) is 5.91 Å². The van der Waals surface area contributed by atoms with Gasteiger partial charge in [0.2, 0.25) is 5.91 Å². The first kappa shape index (κ1) is 16.3. The second-order valence-electron chi connectivity index (χ2n) is 5.15. The number of primary amides is 1. The van der Waals surface area contributed by atoms with Crippen LogP contribution in [-0.2, 0) is 11.3 Å². The zero-order chi connectivity index (χ0) is 16.7. The Morgan fingerprint density at radius 2 is 1.87 bits per heavy atom. The highest BCUT2D eigenvalue weighted by Gasteiger charge is 1.99. The summed E-state index contributed by atoms with van der Waals surface area (Å²) in [6, 6.07) is 14.4. The maximum Gasteiger partial charge on any atom is 0.316 e. The summed E-state index contributed by atoms with van der Waals surface area (Å²) < 4.78 is 0. The standard InChI is InChI=1S/C18H19N3O2/c1-13-3-2-4-14(11-13)7-10-17(22)20-12-15-5-8-16(9-6-15)21-18(19)23/h2-11H,12H2,1H3,(H,20,22)(H3,19,21,23)/b10-7+. The van der Waals surface area contributed by atoms with E-state index in [1.165, 1.54) is 6.08 Å². The number of nitrogens with two attached hydrogens (primary N) is 1. The van der Waals surface area contributed by atoms with Gasteiger partial charge in [-0.05, 0) is 36.3 Å². The third-order valence-electron chi connectivity index (χ3n) is 3.16. The summed E-state index contributed by atoms with van der Waals surface area (Å²) in [6.07, 6.45) is 3.29. The van der Waals surface area contributed by atoms with Crippen LogP contribution in [0.1, 0.15) is 16.7 Å². The molecule has 4 N–H and O–H groups in total. The first-order valence-corrected chi connectivity index (χ1v) is 7.21. The molecule has 0 radical (unpaired) electrons. The molecule has 0 atom stereocenters. The Morgan fingerprint density at radius 3 is 2.52 bits per heavy atom. The average molecular weight is 309 g/mol. The molecule has 2 aromatic carbocycles. The van der Waals surface area contributed by atoms with E-state index >= 15 is 0 Å². The summed E-state index contributed by atoms with van der Waals surface area (Å²) in [5.74, 6) is -0.161. The van der Waals surface area contributed by atoms with Gasteiger partial charge in [0.05, 0.1) is 0 Å². The number of hydrogen-bond donors (Lipinski definition) is 3. The Hall–Kier alpha value is -3.08. The van der Waals surface area contributed by atoms with Crippen molar-refractivity contribution in [1.82, 2.24) is 5.32 Å². The lowest BCUT2D eigenvalue weighted by Crippen LogP contribution is -2.20. The molecule has 5 heteroatoms. The molecule has 2 rings (SSSR count). The fraction of sp³-hybridized carbons (Fsp3) is 0.111. The third kappa shape index (κ3) is 5.67. The second kappa shape index (κ2) is 7.79. The Morgan fingerprint density at radius 1 is 1.13 bits per heavy atom. The van der Waals surface area contributed by atoms with Gasteiger partial charge in [0.1, 0.15) is 0 Å². The van der Waals surface area contributed by atoms with Crippen LogP contribution in [-0.4, -0.2) is 11.9 Å². The molecule has 0 unspecified atom stereocenters. The number of anilines is 1. The molecular weight excluding hydrogens is 290 g/mol. The maximum atomic E-state index is 11.8. The van der Waals surface area contributed by atoms with E-state index in [9.17, 15) is 9.59 Å². The summed E-state index contributed by atoms with van der Waals surface area (Å²) in [4.78, 5) is 22.5. The zero-order valence-electron chi connectivity index (χ0n) is 12.9. The molecule has 0 spiro atoms. The second-order valence-corrected chi connectivity index (χ2v) is 5.15. The van der Waals surface area contributed by atoms with Gasteiger partial charge in [-0.3, -0.25) is 4.79 Å². The number of benzene rings is 2. The van der Waals surface area contributed by atoms with Crippen molar-refractivity contribution in [3.05, 3.63) is 71.3 Å². The number of rotatable bonds is 5. The molecule has 2 aromatic rings. The molecule has 0 saturated heterocycles. The number of nitrogens with one attached hydrogen (secondary N) is 2. The van der Waals surface area contributed by atoms with E-state index in [0.29, 0.717) is 12.2 Å². The van der Waals surface area contributed by atoms with Crippen LogP contribution in [0, 0.1) is 6.92 Å². The molecule has 0 aliphatic rings. The van der Waals surface area contributed by atoms with Gasteiger partial charge in [-0.25, -0.2) is 4.79 Å². The molecule has 0 saturated carbocycles. The molecule has 0 bridgehead atoms. The first-order valence-electron chi connectivity index (χ1n) is 7.21. The number of carbonyl (C=O) groups excluding carboxylic acids is 2. The minimum absolute atomic E-state index is 0.161. The van der Waals surface area contributed by atoms with Gasteiger partial charge in [-0.1, -0.05) is 42.0 Å². The Labute approximate surface area is 135 Å². The first-order chi connectivity index (χ1) is 11.0. The minimum atomic E-state index is -0.604. The molecule has 0 aliphatic heterocycles. The molecule has 3 amide bonds. The van der Waals surface area contributed by atoms with Crippen molar-refractivity contribution < 1.29 is 9.59 Å². The number of carbonyl (C=O) groups is 2. The van der Waals surface area contributed by atoms with Gasteiger partial charge in [0, 0.05) is 18.3 Å². The van der Waals surface area contributed by atoms with Crippen molar-refractivity contribution in [2.24, 2.45) is 5.73 Å². The number of urea groups is 1. The summed E-state index contributed by atoms with van der Waals surface area (Å²) in [6.45, 7) is 2.42. The summed E-state index contributed by atoms with van der Waals surface area (Å²) in [5, 5.41) is 5.29. The lowest BCUT2D eigenvalue weighted by atomic mass is 10.1. The number of hydrogen-bond acceptors (Lipinski definition) is 2. The predicted octanol–water partition coefficient (Wildman–Crippen LogP) is 2.82. The van der Waals surface area contributed by atoms with E-state index in [1.54, 1.807) is 18.2 Å². The van der Waals surface area contributed by atoms with Crippen LogP contribution < -0.4 is 16.4 Å². The van der Waals surface area contributed by atoms with E-state index in [4.69, 9.17) is 5.73 Å². The summed E-state index contributed by atoms with van der Waals surface area (Å²) in [5.41, 5.74) is 8.72. The van der Waals surface area contributed by atoms with Crippen molar-refractivity contribution in [3.63, 3.8) is 0 Å². The topological polar surface area (TPSA) is 84.2 Å². The van der Waals surface area contributed by atoms with Crippen molar-refractivity contribution in [2.45, 2.75) is 13.5 Å². The van der Waals surface area contributed by atoms with E-state index in [1.807, 2.05) is 43.3 Å². The summed E-state index contributed by atoms with van der Waals surface area (Å²) >= 11 is 0. The van der Waals surface area contributed by atoms with Gasteiger partial charge in [-0.2, -0.15) is 0 Å². The number of amides is 3. The van der Waals surface area contributed by atoms with Crippen molar-refractivity contribution in [1.29, 1.82) is 0 Å². The van der Waals surface area contributed by atoms with Crippen LogP contribution in [0.3, 0.4) is 0 Å². The quantitative estimate of drug-likeness (QED) is 0.742. The van der Waals surface area contributed by atoms with Crippen LogP contribution in [0.2, 0.25) is 0 Å². The Kier molecular flexibility index (Phi) is 5.52. The lowest BCUT2D eigenvalue weighted by molar-refractivity contribution is -0.116. The highest BCUT2D eigenvalue weighted by Crippen LogP contribution is 2.09. The molecule has 0 heterocycles. The number of aryl methyl sites for hydroxylation is 1. The van der Waals surface area contributed by atoms with E-state index < -0.39 is 6.03 Å². The van der Waals surface area contributed by atoms with Gasteiger partial charge in [0.15, 0.2) is 0 Å². The SMILES string of the molecule is Cc1cccc(/C=C/C(=O)NCc2ccc(NC(N)=O)cc2)c1. The van der Waals surface area contributed by atoms with Gasteiger partial charge in [0.25, 0.3) is 0 Å². The van der Waals surface area contributed by atoms with Crippen LogP contribution >= 0.6 is 0 Å². The Balaban J connectivity index is 1.85. The van der Waals surface area contributed by atoms with Crippen LogP contribution in [0.15, 0.2) is 54.6 Å². The smallest absolute Gasteiger partial charge is 0.316 e. The molecule has 0 fully saturated rings. The van der Waals surface area contributed by atoms with Crippen LogP contribution in [0.4, 0.5) is 10.5 Å². The third-order valence-corrected chi connectivity index (χ3v) is 3.16. The highest BCUT2D eigenvalue weighted by atomic mass is 16.2. The van der Waals surface area contributed by atoms with Crippen LogP contribution in [0.5, 0.6) is 0 Å². The van der Waals surface area contributed by atoms with E-state index in [0.717, 1.165) is 16.7 Å². The fourth-order valence-corrected chi connectivity index (χ4v) is 2.04. The Bertz CT molecular complexity index is 721. The molecule has 0 aromatic heterocycles. The minimum Gasteiger partial charge on any atom is -0.351 e. The van der Waals surface area contributed by atoms with Crippen molar-refractivity contribution in [2.75, 3.05) is 5.32 Å². The molecule has 118 valence electrons. The van der Waals surface area contributed by atoms with Crippen LogP contribution in [0.25, 0.3) is 6.08 Å². The average Bonchev–Trinajstić information content (AvgIpc) is 2.52. The predicted molar refractivity (Wildman–Crippen MR) is 91.7 cm³/mol. The van der Waals surface area contributed by atoms with E-state index in [2.05, 4.69) is 10.6 Å². The normalized spacial score (nSPS) is 10.5. The van der Waals surface area contributed by atoms with Gasteiger partial charge >= 0.3 is 6.03 Å². The largest absolute Gasteiger partial charge is 0.351 e. The van der Waals surface area contributed by atoms with Gasteiger partial charge in [-0.15, -0.1) is 0 Å². The molecular formula is C18H19N3O2. The van der Waals surface area contributed by atoms with Crippen molar-refractivity contribution in [3.8, 4) is 0 Å². The molecule has 23 heavy (non-hydrogen) atoms. The van der Waals surface area contributed by atoms with Crippen molar-refractivity contribution >= 4 is 23.7 Å².